The number of hydrogen-bond donors (Lipinski definition) is 0. The highest BCUT2D eigenvalue weighted by Crippen LogP contribution is 2.41. The summed E-state index contributed by atoms with van der Waals surface area (Å²) >= 11 is 0. The van der Waals surface area contributed by atoms with Crippen LogP contribution in [0.5, 0.6) is 0 Å². The van der Waals surface area contributed by atoms with E-state index in [4.69, 9.17) is 0 Å². The maximum absolute atomic E-state index is 9.75. The van der Waals surface area contributed by atoms with E-state index in [0.29, 0.717) is 16.7 Å². The van der Waals surface area contributed by atoms with Crippen LogP contribution in [0, 0.1) is 22.7 Å². The molecule has 2 aromatic heterocycles. The van der Waals surface area contributed by atoms with Gasteiger partial charge < -0.3 is 0 Å². The van der Waals surface area contributed by atoms with Gasteiger partial charge in [0.1, 0.15) is 5.65 Å². The Balaban J connectivity index is 1.29. The Hall–Kier alpha value is -6.62. The Bertz CT molecular complexity index is 2730. The lowest BCUT2D eigenvalue weighted by molar-refractivity contribution is 1.07. The summed E-state index contributed by atoms with van der Waals surface area (Å²) in [6.45, 7) is 0. The standard InChI is InChI=1S/C42H24N4/c43-25-30-9-8-10-31(26-44)40(30)29-19-21-34-27(23-29)17-18-28-24-33(20-22-35(28)34)46-39-16-7-5-14-37(39)41-36-13-4-6-15-38(36)45(42(41)46)32-11-2-1-3-12-32/h1-24H. The Morgan fingerprint density at radius 1 is 0.435 bits per heavy atom. The van der Waals surface area contributed by atoms with Crippen LogP contribution in [0.1, 0.15) is 11.1 Å². The minimum Gasteiger partial charge on any atom is -0.295 e. The van der Waals surface area contributed by atoms with Crippen LogP contribution in [0.15, 0.2) is 146 Å². The average Bonchev–Trinajstić information content (AvgIpc) is 3.63. The number of nitriles is 2. The lowest BCUT2D eigenvalue weighted by Crippen LogP contribution is -2.01. The number of aromatic nitrogens is 2. The molecule has 0 aliphatic rings. The minimum atomic E-state index is 0.502. The summed E-state index contributed by atoms with van der Waals surface area (Å²) < 4.78 is 4.78. The number of nitrogens with zero attached hydrogens (tertiary/aromatic N) is 4. The van der Waals surface area contributed by atoms with Crippen LogP contribution in [-0.2, 0) is 0 Å². The van der Waals surface area contributed by atoms with Crippen molar-refractivity contribution in [3.63, 3.8) is 0 Å². The largest absolute Gasteiger partial charge is 0.295 e. The van der Waals surface area contributed by atoms with E-state index in [0.717, 1.165) is 49.6 Å². The molecule has 0 atom stereocenters. The lowest BCUT2D eigenvalue weighted by Gasteiger charge is -2.14. The highest BCUT2D eigenvalue weighted by atomic mass is 15.1. The predicted molar refractivity (Wildman–Crippen MR) is 187 cm³/mol. The average molecular weight is 585 g/mol. The van der Waals surface area contributed by atoms with E-state index in [-0.39, 0.29) is 0 Å². The van der Waals surface area contributed by atoms with Crippen molar-refractivity contribution in [3.8, 4) is 34.6 Å². The summed E-state index contributed by atoms with van der Waals surface area (Å²) in [5, 5.41) is 27.7. The van der Waals surface area contributed by atoms with Gasteiger partial charge in [-0.25, -0.2) is 0 Å². The van der Waals surface area contributed by atoms with Crippen LogP contribution in [0.4, 0.5) is 0 Å². The molecule has 4 heteroatoms. The normalized spacial score (nSPS) is 11.4. The van der Waals surface area contributed by atoms with Crippen LogP contribution >= 0.6 is 0 Å². The van der Waals surface area contributed by atoms with Gasteiger partial charge in [0.25, 0.3) is 0 Å². The Morgan fingerprint density at radius 2 is 1.00 bits per heavy atom. The zero-order valence-corrected chi connectivity index (χ0v) is 24.6. The molecule has 0 aliphatic heterocycles. The molecule has 0 amide bonds. The molecule has 2 heterocycles. The van der Waals surface area contributed by atoms with E-state index in [2.05, 4.69) is 143 Å². The van der Waals surface area contributed by atoms with Crippen molar-refractivity contribution in [2.45, 2.75) is 0 Å². The maximum Gasteiger partial charge on any atom is 0.131 e. The van der Waals surface area contributed by atoms with E-state index >= 15 is 0 Å². The summed E-state index contributed by atoms with van der Waals surface area (Å²) in [4.78, 5) is 0. The summed E-state index contributed by atoms with van der Waals surface area (Å²) in [6, 6.07) is 54.9. The van der Waals surface area contributed by atoms with Gasteiger partial charge in [0.2, 0.25) is 0 Å². The Labute approximate surface area is 264 Å². The molecule has 212 valence electrons. The summed E-state index contributed by atoms with van der Waals surface area (Å²) in [5.74, 6) is 0. The third kappa shape index (κ3) is 3.65. The number of rotatable bonds is 3. The number of benzene rings is 7. The van der Waals surface area contributed by atoms with Gasteiger partial charge in [-0.1, -0.05) is 91.0 Å². The first-order valence-corrected chi connectivity index (χ1v) is 15.2. The van der Waals surface area contributed by atoms with Crippen LogP contribution in [0.3, 0.4) is 0 Å². The number of hydrogen-bond acceptors (Lipinski definition) is 2. The topological polar surface area (TPSA) is 57.4 Å². The van der Waals surface area contributed by atoms with Crippen molar-refractivity contribution in [1.82, 2.24) is 9.13 Å². The van der Waals surface area contributed by atoms with Gasteiger partial charge in [-0.3, -0.25) is 9.13 Å². The second kappa shape index (κ2) is 9.96. The zero-order chi connectivity index (χ0) is 30.8. The van der Waals surface area contributed by atoms with Crippen molar-refractivity contribution in [2.24, 2.45) is 0 Å². The molecule has 0 radical (unpaired) electrons. The Kier molecular flexibility index (Phi) is 5.59. The van der Waals surface area contributed by atoms with Gasteiger partial charge >= 0.3 is 0 Å². The highest BCUT2D eigenvalue weighted by Gasteiger charge is 2.22. The minimum absolute atomic E-state index is 0.502. The van der Waals surface area contributed by atoms with E-state index in [1.807, 2.05) is 6.07 Å². The van der Waals surface area contributed by atoms with Gasteiger partial charge in [0.15, 0.2) is 0 Å². The van der Waals surface area contributed by atoms with Gasteiger partial charge in [0.05, 0.1) is 34.3 Å². The van der Waals surface area contributed by atoms with Gasteiger partial charge in [0, 0.05) is 33.1 Å². The van der Waals surface area contributed by atoms with Gasteiger partial charge in [-0.2, -0.15) is 10.5 Å². The van der Waals surface area contributed by atoms with E-state index in [1.54, 1.807) is 18.2 Å². The fourth-order valence-corrected chi connectivity index (χ4v) is 7.20. The van der Waals surface area contributed by atoms with Crippen molar-refractivity contribution in [2.75, 3.05) is 0 Å². The summed E-state index contributed by atoms with van der Waals surface area (Å²) in [6.07, 6.45) is 0. The first kappa shape index (κ1) is 25.8. The molecule has 0 aliphatic carbocycles. The molecule has 0 spiro atoms. The van der Waals surface area contributed by atoms with E-state index in [9.17, 15) is 10.5 Å². The predicted octanol–water partition coefficient (Wildman–Crippen LogP) is 10.4. The summed E-state index contributed by atoms with van der Waals surface area (Å²) in [5.41, 5.74) is 8.26. The van der Waals surface area contributed by atoms with E-state index in [1.165, 1.54) is 21.7 Å². The molecule has 0 saturated carbocycles. The van der Waals surface area contributed by atoms with E-state index < -0.39 is 0 Å². The third-order valence-electron chi connectivity index (χ3n) is 9.16. The monoisotopic (exact) mass is 584 g/mol. The molecule has 0 bridgehead atoms. The fraction of sp³-hybridized carbons (Fsp3) is 0. The van der Waals surface area contributed by atoms with Crippen LogP contribution in [0.2, 0.25) is 0 Å². The molecular formula is C42H24N4. The molecule has 46 heavy (non-hydrogen) atoms. The molecule has 9 aromatic rings. The van der Waals surface area contributed by atoms with Crippen molar-refractivity contribution in [1.29, 1.82) is 10.5 Å². The second-order valence-electron chi connectivity index (χ2n) is 11.6. The molecule has 0 unspecified atom stereocenters. The smallest absolute Gasteiger partial charge is 0.131 e. The third-order valence-corrected chi connectivity index (χ3v) is 9.16. The van der Waals surface area contributed by atoms with Crippen molar-refractivity contribution < 1.29 is 0 Å². The van der Waals surface area contributed by atoms with Crippen LogP contribution in [-0.4, -0.2) is 9.13 Å². The quantitative estimate of drug-likeness (QED) is 0.194. The van der Waals surface area contributed by atoms with Crippen molar-refractivity contribution >= 4 is 54.4 Å². The highest BCUT2D eigenvalue weighted by molar-refractivity contribution is 6.22. The molecule has 9 rings (SSSR count). The van der Waals surface area contributed by atoms with Gasteiger partial charge in [-0.05, 0) is 81.7 Å². The molecule has 4 nitrogen and oxygen atoms in total. The molecule has 7 aromatic carbocycles. The molecular weight excluding hydrogens is 560 g/mol. The summed E-state index contributed by atoms with van der Waals surface area (Å²) in [7, 11) is 0. The SMILES string of the molecule is N#Cc1cccc(C#N)c1-c1ccc2c(ccc3cc(-n4c5ccccc5c5c6ccccc6n(-c6ccccc6)c54)ccc32)c1. The van der Waals surface area contributed by atoms with Crippen molar-refractivity contribution in [3.05, 3.63) is 157 Å². The fourth-order valence-electron chi connectivity index (χ4n) is 7.20. The maximum atomic E-state index is 9.75. The van der Waals surface area contributed by atoms with Gasteiger partial charge in [-0.15, -0.1) is 0 Å². The Morgan fingerprint density at radius 3 is 1.65 bits per heavy atom. The van der Waals surface area contributed by atoms with Crippen LogP contribution < -0.4 is 0 Å². The first-order valence-electron chi connectivity index (χ1n) is 15.2. The molecule has 0 saturated heterocycles. The molecule has 0 fully saturated rings. The number of para-hydroxylation sites is 3. The molecule has 0 N–H and O–H groups in total. The lowest BCUT2D eigenvalue weighted by atomic mass is 9.92. The zero-order valence-electron chi connectivity index (χ0n) is 24.6. The van der Waals surface area contributed by atoms with Crippen LogP contribution in [0.25, 0.3) is 76.9 Å². The number of fused-ring (bicyclic) bond motifs is 8. The second-order valence-corrected chi connectivity index (χ2v) is 11.6. The first-order chi connectivity index (χ1) is 22.7.